The van der Waals surface area contributed by atoms with Crippen LogP contribution in [0.3, 0.4) is 0 Å². The van der Waals surface area contributed by atoms with Crippen molar-refractivity contribution in [3.63, 3.8) is 0 Å². The van der Waals surface area contributed by atoms with Crippen LogP contribution in [-0.4, -0.2) is 42.9 Å². The zero-order chi connectivity index (χ0) is 12.0. The van der Waals surface area contributed by atoms with Gasteiger partial charge in [-0.05, 0) is 32.0 Å². The maximum Gasteiger partial charge on any atom is 0.169 e. The van der Waals surface area contributed by atoms with Gasteiger partial charge >= 0.3 is 0 Å². The van der Waals surface area contributed by atoms with Crippen LogP contribution < -0.4 is 5.32 Å². The fourth-order valence-corrected chi connectivity index (χ4v) is 2.59. The van der Waals surface area contributed by atoms with Gasteiger partial charge in [0.25, 0.3) is 0 Å². The predicted octanol–water partition coefficient (Wildman–Crippen LogP) is 2.16. The van der Waals surface area contributed by atoms with Gasteiger partial charge in [-0.2, -0.15) is 0 Å². The van der Waals surface area contributed by atoms with Crippen LogP contribution >= 0.6 is 12.2 Å². The summed E-state index contributed by atoms with van der Waals surface area (Å²) < 4.78 is 5.09. The molecule has 0 saturated heterocycles. The van der Waals surface area contributed by atoms with Crippen molar-refractivity contribution in [2.75, 3.05) is 20.8 Å². The Labute approximate surface area is 105 Å². The molecule has 0 aromatic heterocycles. The summed E-state index contributed by atoms with van der Waals surface area (Å²) in [5.74, 6) is 0. The first-order chi connectivity index (χ1) is 7.65. The van der Waals surface area contributed by atoms with E-state index in [2.05, 4.69) is 24.2 Å². The fraction of sp³-hybridized carbons (Fsp3) is 0.917. The lowest BCUT2D eigenvalue weighted by Gasteiger charge is -2.34. The molecule has 0 spiro atoms. The van der Waals surface area contributed by atoms with Crippen molar-refractivity contribution in [2.24, 2.45) is 0 Å². The van der Waals surface area contributed by atoms with E-state index in [1.54, 1.807) is 7.11 Å². The van der Waals surface area contributed by atoms with Crippen LogP contribution in [0.25, 0.3) is 0 Å². The highest BCUT2D eigenvalue weighted by molar-refractivity contribution is 7.80. The Morgan fingerprint density at radius 2 is 2.06 bits per heavy atom. The van der Waals surface area contributed by atoms with E-state index < -0.39 is 0 Å². The molecule has 0 radical (unpaired) electrons. The average Bonchev–Trinajstić information content (AvgIpc) is 2.29. The highest BCUT2D eigenvalue weighted by atomic mass is 32.1. The highest BCUT2D eigenvalue weighted by Gasteiger charge is 2.20. The van der Waals surface area contributed by atoms with Crippen LogP contribution in [0.5, 0.6) is 0 Å². The van der Waals surface area contributed by atoms with Gasteiger partial charge < -0.3 is 15.0 Å². The lowest BCUT2D eigenvalue weighted by molar-refractivity contribution is 0.176. The number of thiocarbonyl (C=S) groups is 1. The molecule has 1 aliphatic rings. The molecule has 0 aliphatic heterocycles. The van der Waals surface area contributed by atoms with E-state index in [0.29, 0.717) is 12.6 Å². The van der Waals surface area contributed by atoms with Crippen molar-refractivity contribution in [1.29, 1.82) is 0 Å². The molecule has 1 saturated carbocycles. The zero-order valence-corrected chi connectivity index (χ0v) is 11.5. The molecule has 0 aromatic carbocycles. The molecule has 1 atom stereocenters. The van der Waals surface area contributed by atoms with Gasteiger partial charge in [-0.25, -0.2) is 0 Å². The average molecular weight is 244 g/mol. The number of rotatable bonds is 4. The lowest BCUT2D eigenvalue weighted by atomic mass is 9.95. The summed E-state index contributed by atoms with van der Waals surface area (Å²) in [6.45, 7) is 2.78. The monoisotopic (exact) mass is 244 g/mol. The Kier molecular flexibility index (Phi) is 6.06. The molecule has 0 amide bonds. The summed E-state index contributed by atoms with van der Waals surface area (Å²) in [4.78, 5) is 2.22. The van der Waals surface area contributed by atoms with Crippen molar-refractivity contribution in [2.45, 2.75) is 51.1 Å². The Morgan fingerprint density at radius 1 is 1.44 bits per heavy atom. The number of nitrogens with zero attached hydrogens (tertiary/aromatic N) is 1. The third kappa shape index (κ3) is 4.26. The first-order valence-corrected chi connectivity index (χ1v) is 6.58. The fourth-order valence-electron chi connectivity index (χ4n) is 2.24. The minimum absolute atomic E-state index is 0.281. The van der Waals surface area contributed by atoms with Crippen molar-refractivity contribution in [1.82, 2.24) is 10.2 Å². The van der Waals surface area contributed by atoms with Gasteiger partial charge in [-0.1, -0.05) is 19.3 Å². The Hall–Kier alpha value is -0.350. The molecular weight excluding hydrogens is 220 g/mol. The van der Waals surface area contributed by atoms with Crippen molar-refractivity contribution < 1.29 is 4.74 Å². The first kappa shape index (κ1) is 13.7. The minimum atomic E-state index is 0.281. The van der Waals surface area contributed by atoms with Crippen LogP contribution in [0.4, 0.5) is 0 Å². The first-order valence-electron chi connectivity index (χ1n) is 6.17. The van der Waals surface area contributed by atoms with E-state index in [1.165, 1.54) is 32.1 Å². The van der Waals surface area contributed by atoms with Gasteiger partial charge in [0.1, 0.15) is 0 Å². The number of hydrogen-bond donors (Lipinski definition) is 1. The van der Waals surface area contributed by atoms with Crippen LogP contribution in [-0.2, 0) is 4.74 Å². The molecular formula is C12H24N2OS. The van der Waals surface area contributed by atoms with Crippen molar-refractivity contribution in [3.8, 4) is 0 Å². The van der Waals surface area contributed by atoms with Gasteiger partial charge in [-0.3, -0.25) is 0 Å². The largest absolute Gasteiger partial charge is 0.383 e. The van der Waals surface area contributed by atoms with E-state index in [9.17, 15) is 0 Å². The van der Waals surface area contributed by atoms with Crippen molar-refractivity contribution in [3.05, 3.63) is 0 Å². The Morgan fingerprint density at radius 3 is 2.62 bits per heavy atom. The summed E-state index contributed by atoms with van der Waals surface area (Å²) in [6, 6.07) is 0.909. The van der Waals surface area contributed by atoms with Crippen LogP contribution in [0.15, 0.2) is 0 Å². The van der Waals surface area contributed by atoms with Gasteiger partial charge in [0.2, 0.25) is 0 Å². The number of methoxy groups -OCH3 is 1. The Balaban J connectivity index is 2.34. The lowest BCUT2D eigenvalue weighted by Crippen LogP contribution is -2.47. The minimum Gasteiger partial charge on any atom is -0.383 e. The third-order valence-electron chi connectivity index (χ3n) is 3.23. The highest BCUT2D eigenvalue weighted by Crippen LogP contribution is 2.21. The van der Waals surface area contributed by atoms with E-state index in [1.807, 2.05) is 0 Å². The standard InChI is InChI=1S/C12H24N2OS/c1-10(9-15-3)13-12(16)14(2)11-7-5-4-6-8-11/h10-11H,4-9H2,1-3H3,(H,13,16). The SMILES string of the molecule is COCC(C)NC(=S)N(C)C1CCCCC1. The predicted molar refractivity (Wildman–Crippen MR) is 71.7 cm³/mol. The quantitative estimate of drug-likeness (QED) is 0.766. The van der Waals surface area contributed by atoms with E-state index >= 15 is 0 Å². The normalized spacial score (nSPS) is 19.2. The molecule has 94 valence electrons. The second-order valence-corrected chi connectivity index (χ2v) is 5.10. The number of hydrogen-bond acceptors (Lipinski definition) is 2. The molecule has 4 heteroatoms. The molecule has 16 heavy (non-hydrogen) atoms. The van der Waals surface area contributed by atoms with E-state index in [4.69, 9.17) is 17.0 Å². The van der Waals surface area contributed by atoms with E-state index in [0.717, 1.165) is 5.11 Å². The topological polar surface area (TPSA) is 24.5 Å². The molecule has 0 bridgehead atoms. The summed E-state index contributed by atoms with van der Waals surface area (Å²) >= 11 is 5.41. The molecule has 1 aliphatic carbocycles. The molecule has 0 aromatic rings. The second kappa shape index (κ2) is 7.07. The van der Waals surface area contributed by atoms with Gasteiger partial charge in [0.15, 0.2) is 5.11 Å². The zero-order valence-electron chi connectivity index (χ0n) is 10.7. The number of nitrogens with one attached hydrogen (secondary N) is 1. The smallest absolute Gasteiger partial charge is 0.169 e. The molecule has 1 rings (SSSR count). The summed E-state index contributed by atoms with van der Waals surface area (Å²) in [7, 11) is 3.82. The van der Waals surface area contributed by atoms with E-state index in [-0.39, 0.29) is 6.04 Å². The van der Waals surface area contributed by atoms with Crippen LogP contribution in [0, 0.1) is 0 Å². The summed E-state index contributed by atoms with van der Waals surface area (Å²) in [5.41, 5.74) is 0. The van der Waals surface area contributed by atoms with Crippen LogP contribution in [0.1, 0.15) is 39.0 Å². The molecule has 1 N–H and O–H groups in total. The summed E-state index contributed by atoms with van der Waals surface area (Å²) in [6.07, 6.45) is 6.61. The van der Waals surface area contributed by atoms with Crippen LogP contribution in [0.2, 0.25) is 0 Å². The number of ether oxygens (including phenoxy) is 1. The molecule has 3 nitrogen and oxygen atoms in total. The maximum absolute atomic E-state index is 5.41. The molecule has 1 unspecified atom stereocenters. The van der Waals surface area contributed by atoms with Gasteiger partial charge in [0.05, 0.1) is 6.61 Å². The Bertz CT molecular complexity index is 217. The summed E-state index contributed by atoms with van der Waals surface area (Å²) in [5, 5.41) is 4.17. The second-order valence-electron chi connectivity index (χ2n) is 4.71. The molecule has 1 fully saturated rings. The van der Waals surface area contributed by atoms with Crippen molar-refractivity contribution >= 4 is 17.3 Å². The third-order valence-corrected chi connectivity index (χ3v) is 3.64. The maximum atomic E-state index is 5.41. The van der Waals surface area contributed by atoms with Gasteiger partial charge in [-0.15, -0.1) is 0 Å². The van der Waals surface area contributed by atoms with Gasteiger partial charge in [0, 0.05) is 26.2 Å². The molecule has 0 heterocycles.